The molecule has 0 amide bonds. The third kappa shape index (κ3) is 5.22. The fourth-order valence-corrected chi connectivity index (χ4v) is 6.94. The zero-order valence-corrected chi connectivity index (χ0v) is 23.8. The molecule has 37 heavy (non-hydrogen) atoms. The molecular weight excluding hydrogens is 472 g/mol. The van der Waals surface area contributed by atoms with E-state index in [-0.39, 0.29) is 11.2 Å². The van der Waals surface area contributed by atoms with Crippen molar-refractivity contribution < 1.29 is 9.53 Å². The highest BCUT2D eigenvalue weighted by molar-refractivity contribution is 7.99. The molecule has 0 aromatic heterocycles. The molecule has 0 unspecified atom stereocenters. The molecule has 0 heterocycles. The molecule has 0 bridgehead atoms. The molecule has 0 fully saturated rings. The van der Waals surface area contributed by atoms with Crippen LogP contribution >= 0.6 is 11.8 Å². The van der Waals surface area contributed by atoms with Gasteiger partial charge in [-0.15, -0.1) is 0 Å². The van der Waals surface area contributed by atoms with Gasteiger partial charge in [0.25, 0.3) is 0 Å². The van der Waals surface area contributed by atoms with Crippen molar-refractivity contribution in [3.8, 4) is 0 Å². The van der Waals surface area contributed by atoms with Crippen LogP contribution in [0.15, 0.2) is 94.2 Å². The lowest BCUT2D eigenvalue weighted by Crippen LogP contribution is -2.32. The smallest absolute Gasteiger partial charge is 0.193 e. The molecule has 3 heteroatoms. The summed E-state index contributed by atoms with van der Waals surface area (Å²) in [5.41, 5.74) is 4.78. The first-order valence-corrected chi connectivity index (χ1v) is 14.5. The van der Waals surface area contributed by atoms with Crippen LogP contribution in [0.4, 0.5) is 0 Å². The molecule has 0 N–H and O–H groups in total. The second-order valence-electron chi connectivity index (χ2n) is 10.3. The van der Waals surface area contributed by atoms with E-state index in [2.05, 4.69) is 58.0 Å². The first-order chi connectivity index (χ1) is 17.9. The number of carbonyl (C=O) groups is 1. The largest absolute Gasteiger partial charge is 0.369 e. The van der Waals surface area contributed by atoms with Gasteiger partial charge in [-0.05, 0) is 85.9 Å². The topological polar surface area (TPSA) is 26.3 Å². The van der Waals surface area contributed by atoms with Gasteiger partial charge in [-0.1, -0.05) is 87.7 Å². The highest BCUT2D eigenvalue weighted by atomic mass is 32.2. The number of rotatable bonds is 11. The van der Waals surface area contributed by atoms with Gasteiger partial charge in [0.1, 0.15) is 5.60 Å². The molecule has 1 aliphatic rings. The van der Waals surface area contributed by atoms with E-state index in [1.165, 1.54) is 21.6 Å². The summed E-state index contributed by atoms with van der Waals surface area (Å²) in [4.78, 5) is 16.0. The van der Waals surface area contributed by atoms with Gasteiger partial charge in [0.2, 0.25) is 0 Å². The Kier molecular flexibility index (Phi) is 8.77. The summed E-state index contributed by atoms with van der Waals surface area (Å²) in [6, 6.07) is 24.6. The Labute approximate surface area is 227 Å². The predicted molar refractivity (Wildman–Crippen MR) is 156 cm³/mol. The Morgan fingerprint density at radius 2 is 1.43 bits per heavy atom. The number of methoxy groups -OCH3 is 1. The molecular formula is C34H40O2S. The molecule has 3 aromatic carbocycles. The van der Waals surface area contributed by atoms with Crippen molar-refractivity contribution >= 4 is 17.5 Å². The van der Waals surface area contributed by atoms with Crippen molar-refractivity contribution in [2.24, 2.45) is 0 Å². The number of unbranched alkanes of at least 4 members (excludes halogenated alkanes) is 2. The van der Waals surface area contributed by atoms with Crippen LogP contribution in [-0.2, 0) is 15.8 Å². The van der Waals surface area contributed by atoms with E-state index < -0.39 is 5.60 Å². The number of carbonyl (C=O) groups excluding carboxylic acids is 1. The fraction of sp³-hybridized carbons (Fsp3) is 0.382. The van der Waals surface area contributed by atoms with Crippen LogP contribution < -0.4 is 0 Å². The summed E-state index contributed by atoms with van der Waals surface area (Å²) in [7, 11) is 1.82. The molecule has 0 saturated carbocycles. The second-order valence-corrected chi connectivity index (χ2v) is 11.4. The van der Waals surface area contributed by atoms with Gasteiger partial charge >= 0.3 is 0 Å². The lowest BCUT2D eigenvalue weighted by Gasteiger charge is -2.36. The van der Waals surface area contributed by atoms with Crippen LogP contribution in [0.3, 0.4) is 0 Å². The molecule has 1 aliphatic carbocycles. The molecule has 0 radical (unpaired) electrons. The molecule has 0 saturated heterocycles. The van der Waals surface area contributed by atoms with E-state index in [4.69, 9.17) is 4.74 Å². The lowest BCUT2D eigenvalue weighted by atomic mass is 9.69. The number of ketones is 1. The third-order valence-electron chi connectivity index (χ3n) is 8.05. The Morgan fingerprint density at radius 3 is 2.00 bits per heavy atom. The van der Waals surface area contributed by atoms with Gasteiger partial charge in [-0.3, -0.25) is 4.79 Å². The number of allylic oxidation sites excluding steroid dienone is 1. The van der Waals surface area contributed by atoms with Crippen LogP contribution in [0.5, 0.6) is 0 Å². The maximum absolute atomic E-state index is 13.7. The monoisotopic (exact) mass is 512 g/mol. The highest BCUT2D eigenvalue weighted by Gasteiger charge is 2.53. The van der Waals surface area contributed by atoms with Crippen LogP contribution in [0.1, 0.15) is 93.3 Å². The minimum absolute atomic E-state index is 0.0759. The summed E-state index contributed by atoms with van der Waals surface area (Å²) in [5.74, 6) is 0.0759. The van der Waals surface area contributed by atoms with Gasteiger partial charge < -0.3 is 4.74 Å². The summed E-state index contributed by atoms with van der Waals surface area (Å²) >= 11 is 1.71. The summed E-state index contributed by atoms with van der Waals surface area (Å²) in [6.07, 6.45) is 9.04. The normalized spacial score (nSPS) is 19.2. The van der Waals surface area contributed by atoms with E-state index in [9.17, 15) is 4.79 Å². The van der Waals surface area contributed by atoms with Crippen molar-refractivity contribution in [1.29, 1.82) is 0 Å². The minimum Gasteiger partial charge on any atom is -0.369 e. The number of hydrogen-bond donors (Lipinski definition) is 0. The predicted octanol–water partition coefficient (Wildman–Crippen LogP) is 9.51. The highest BCUT2D eigenvalue weighted by Crippen LogP contribution is 2.58. The van der Waals surface area contributed by atoms with Crippen LogP contribution in [0.25, 0.3) is 0 Å². The SMILES string of the molecule is C/C=C1/C(CCCC)(CCCC)c2cc(C(=O)c3ccc(Sc4ccccc4)cc3)ccc2[C@]1(C)OC. The Bertz CT molecular complexity index is 1230. The molecule has 0 spiro atoms. The standard InChI is InChI=1S/C34H40O2S/c1-6-9-22-34(23-10-7-2)30-24-26(18-21-29(30)33(4,36-5)31(34)8-3)32(35)25-16-19-28(20-17-25)37-27-14-12-11-13-15-27/h8,11-21,24H,6-7,9-10,22-23H2,1-5H3/b31-8+/t33-/m0/s1. The van der Waals surface area contributed by atoms with E-state index in [1.54, 1.807) is 11.8 Å². The quantitative estimate of drug-likeness (QED) is 0.189. The van der Waals surface area contributed by atoms with Crippen molar-refractivity contribution in [1.82, 2.24) is 0 Å². The Morgan fingerprint density at radius 1 is 0.838 bits per heavy atom. The zero-order valence-electron chi connectivity index (χ0n) is 23.0. The zero-order chi connectivity index (χ0) is 26.5. The van der Waals surface area contributed by atoms with Crippen LogP contribution in [0, 0.1) is 0 Å². The average molecular weight is 513 g/mol. The third-order valence-corrected chi connectivity index (χ3v) is 9.06. The Hall–Kier alpha value is -2.62. The molecule has 0 aliphatic heterocycles. The summed E-state index contributed by atoms with van der Waals surface area (Å²) < 4.78 is 6.24. The maximum atomic E-state index is 13.7. The van der Waals surface area contributed by atoms with Crippen molar-refractivity contribution in [3.05, 3.63) is 107 Å². The summed E-state index contributed by atoms with van der Waals surface area (Å²) in [6.45, 7) is 8.86. The van der Waals surface area contributed by atoms with Gasteiger partial charge in [0.15, 0.2) is 5.78 Å². The van der Waals surface area contributed by atoms with Crippen LogP contribution in [-0.4, -0.2) is 12.9 Å². The van der Waals surface area contributed by atoms with Gasteiger partial charge in [-0.25, -0.2) is 0 Å². The number of fused-ring (bicyclic) bond motifs is 1. The number of benzene rings is 3. The van der Waals surface area contributed by atoms with Crippen molar-refractivity contribution in [2.75, 3.05) is 7.11 Å². The number of hydrogen-bond acceptors (Lipinski definition) is 3. The average Bonchev–Trinajstić information content (AvgIpc) is 3.15. The van der Waals surface area contributed by atoms with Gasteiger partial charge in [-0.2, -0.15) is 0 Å². The first-order valence-electron chi connectivity index (χ1n) is 13.7. The van der Waals surface area contributed by atoms with Gasteiger partial charge in [0.05, 0.1) is 0 Å². The van der Waals surface area contributed by atoms with Crippen LogP contribution in [0.2, 0.25) is 0 Å². The van der Waals surface area contributed by atoms with E-state index >= 15 is 0 Å². The molecule has 4 rings (SSSR count). The minimum atomic E-state index is -0.469. The van der Waals surface area contributed by atoms with Crippen molar-refractivity contribution in [2.45, 2.75) is 87.0 Å². The Balaban J connectivity index is 1.72. The van der Waals surface area contributed by atoms with E-state index in [0.29, 0.717) is 0 Å². The van der Waals surface area contributed by atoms with E-state index in [0.717, 1.165) is 54.5 Å². The van der Waals surface area contributed by atoms with Crippen molar-refractivity contribution in [3.63, 3.8) is 0 Å². The molecule has 194 valence electrons. The van der Waals surface area contributed by atoms with Gasteiger partial charge in [0, 0.05) is 33.4 Å². The lowest BCUT2D eigenvalue weighted by molar-refractivity contribution is 0.0326. The first kappa shape index (κ1) is 27.4. The number of ether oxygens (including phenoxy) is 1. The molecule has 3 aromatic rings. The maximum Gasteiger partial charge on any atom is 0.193 e. The fourth-order valence-electron chi connectivity index (χ4n) is 6.10. The molecule has 2 nitrogen and oxygen atoms in total. The van der Waals surface area contributed by atoms with E-state index in [1.807, 2.05) is 55.6 Å². The second kappa shape index (κ2) is 11.8. The molecule has 1 atom stereocenters. The summed E-state index contributed by atoms with van der Waals surface area (Å²) in [5, 5.41) is 0.